The van der Waals surface area contributed by atoms with Gasteiger partial charge in [-0.05, 0) is 12.8 Å². The van der Waals surface area contributed by atoms with Crippen molar-refractivity contribution in [1.29, 1.82) is 0 Å². The first-order chi connectivity index (χ1) is 10.2. The first-order valence-electron chi connectivity index (χ1n) is 6.83. The molecule has 8 nitrogen and oxygen atoms in total. The highest BCUT2D eigenvalue weighted by molar-refractivity contribution is 5.84. The van der Waals surface area contributed by atoms with Crippen molar-refractivity contribution in [2.45, 2.75) is 25.2 Å². The van der Waals surface area contributed by atoms with Gasteiger partial charge < -0.3 is 19.5 Å². The van der Waals surface area contributed by atoms with Crippen LogP contribution in [-0.2, 0) is 9.53 Å². The minimum atomic E-state index is -0.175. The smallest absolute Gasteiger partial charge is 0.167 e. The highest BCUT2D eigenvalue weighted by Gasteiger charge is 2.28. The van der Waals surface area contributed by atoms with E-state index in [0.29, 0.717) is 17.0 Å². The van der Waals surface area contributed by atoms with Crippen molar-refractivity contribution in [1.82, 2.24) is 19.5 Å². The number of imidazole rings is 1. The van der Waals surface area contributed by atoms with Crippen LogP contribution in [0, 0.1) is 0 Å². The fraction of sp³-hybridized carbons (Fsp3) is 0.538. The maximum absolute atomic E-state index is 10.7. The molecule has 0 aromatic carbocycles. The van der Waals surface area contributed by atoms with Crippen molar-refractivity contribution in [3.63, 3.8) is 0 Å². The van der Waals surface area contributed by atoms with E-state index in [0.717, 1.165) is 19.1 Å². The molecule has 0 bridgehead atoms. The monoisotopic (exact) mass is 291 g/mol. The van der Waals surface area contributed by atoms with E-state index in [-0.39, 0.29) is 25.5 Å². The van der Waals surface area contributed by atoms with Crippen LogP contribution in [0.15, 0.2) is 12.7 Å². The first-order valence-corrected chi connectivity index (χ1v) is 6.83. The van der Waals surface area contributed by atoms with E-state index in [1.807, 2.05) is 4.57 Å². The Balaban J connectivity index is 1.96. The quantitative estimate of drug-likeness (QED) is 0.783. The van der Waals surface area contributed by atoms with Crippen LogP contribution in [0.2, 0.25) is 0 Å². The second-order valence-corrected chi connectivity index (χ2v) is 5.04. The summed E-state index contributed by atoms with van der Waals surface area (Å²) in [6.45, 7) is 0.261. The van der Waals surface area contributed by atoms with Crippen LogP contribution in [0.5, 0.6) is 0 Å². The van der Waals surface area contributed by atoms with Gasteiger partial charge in [0.15, 0.2) is 17.0 Å². The van der Waals surface area contributed by atoms with Gasteiger partial charge >= 0.3 is 0 Å². The van der Waals surface area contributed by atoms with Crippen LogP contribution in [0.1, 0.15) is 19.1 Å². The Morgan fingerprint density at radius 1 is 1.48 bits per heavy atom. The summed E-state index contributed by atoms with van der Waals surface area (Å²) in [6, 6.07) is 0. The molecular formula is C13H17N5O3. The third-order valence-corrected chi connectivity index (χ3v) is 3.65. The Morgan fingerprint density at radius 3 is 3.05 bits per heavy atom. The van der Waals surface area contributed by atoms with Crippen molar-refractivity contribution in [3.8, 4) is 0 Å². The highest BCUT2D eigenvalue weighted by atomic mass is 16.5. The maximum atomic E-state index is 10.7. The fourth-order valence-electron chi connectivity index (χ4n) is 2.55. The van der Waals surface area contributed by atoms with Crippen molar-refractivity contribution < 1.29 is 14.6 Å². The molecule has 2 unspecified atom stereocenters. The van der Waals surface area contributed by atoms with Gasteiger partial charge in [0.1, 0.15) is 18.8 Å². The lowest BCUT2D eigenvalue weighted by Gasteiger charge is -2.16. The van der Waals surface area contributed by atoms with Gasteiger partial charge in [-0.25, -0.2) is 15.0 Å². The number of anilines is 1. The van der Waals surface area contributed by atoms with E-state index >= 15 is 0 Å². The van der Waals surface area contributed by atoms with Gasteiger partial charge in [0, 0.05) is 7.05 Å². The summed E-state index contributed by atoms with van der Waals surface area (Å²) < 4.78 is 7.61. The summed E-state index contributed by atoms with van der Waals surface area (Å²) in [7, 11) is 1.78. The van der Waals surface area contributed by atoms with Crippen LogP contribution in [0.3, 0.4) is 0 Å². The number of fused-ring (bicyclic) bond motifs is 1. The van der Waals surface area contributed by atoms with E-state index in [2.05, 4.69) is 15.0 Å². The average Bonchev–Trinajstić information content (AvgIpc) is 3.13. The van der Waals surface area contributed by atoms with Crippen LogP contribution >= 0.6 is 0 Å². The molecule has 0 aliphatic carbocycles. The second-order valence-electron chi connectivity index (χ2n) is 5.04. The molecule has 0 radical (unpaired) electrons. The van der Waals surface area contributed by atoms with E-state index in [1.165, 1.54) is 6.33 Å². The fourth-order valence-corrected chi connectivity index (χ4v) is 2.55. The molecule has 0 saturated carbocycles. The Labute approximate surface area is 121 Å². The predicted molar refractivity (Wildman–Crippen MR) is 74.9 cm³/mol. The molecule has 1 N–H and O–H groups in total. The zero-order valence-corrected chi connectivity index (χ0v) is 11.7. The standard InChI is InChI=1S/C13H17N5O3/c1-17(4-5-19)12-11-13(15-7-14-12)18(8-16-11)10-3-2-9(6-20)21-10/h5,7-10,20H,2-4,6H2,1H3. The Hall–Kier alpha value is -2.06. The lowest BCUT2D eigenvalue weighted by molar-refractivity contribution is -0.106. The number of rotatable bonds is 5. The normalized spacial score (nSPS) is 21.8. The second kappa shape index (κ2) is 5.74. The summed E-state index contributed by atoms with van der Waals surface area (Å²) in [5, 5.41) is 9.16. The van der Waals surface area contributed by atoms with E-state index < -0.39 is 0 Å². The molecular weight excluding hydrogens is 274 g/mol. The van der Waals surface area contributed by atoms with Crippen LogP contribution in [0.4, 0.5) is 5.82 Å². The molecule has 1 fully saturated rings. The largest absolute Gasteiger partial charge is 0.394 e. The molecule has 1 aliphatic heterocycles. The molecule has 1 saturated heterocycles. The summed E-state index contributed by atoms with van der Waals surface area (Å²) in [5.41, 5.74) is 1.30. The van der Waals surface area contributed by atoms with Gasteiger partial charge in [0.2, 0.25) is 0 Å². The lowest BCUT2D eigenvalue weighted by atomic mass is 10.2. The molecule has 3 rings (SSSR count). The Bertz CT molecular complexity index is 644. The first kappa shape index (κ1) is 13.9. The minimum absolute atomic E-state index is 0.0193. The van der Waals surface area contributed by atoms with Gasteiger partial charge in [-0.1, -0.05) is 0 Å². The van der Waals surface area contributed by atoms with E-state index in [9.17, 15) is 4.79 Å². The summed E-state index contributed by atoms with van der Waals surface area (Å²) in [5.74, 6) is 0.613. The number of likely N-dealkylation sites (N-methyl/N-ethyl adjacent to an activating group) is 1. The maximum Gasteiger partial charge on any atom is 0.167 e. The van der Waals surface area contributed by atoms with Crippen LogP contribution in [0.25, 0.3) is 11.2 Å². The van der Waals surface area contributed by atoms with Crippen molar-refractivity contribution in [3.05, 3.63) is 12.7 Å². The summed E-state index contributed by atoms with van der Waals surface area (Å²) in [4.78, 5) is 25.2. The molecule has 2 aromatic rings. The summed E-state index contributed by atoms with van der Waals surface area (Å²) >= 11 is 0. The molecule has 8 heteroatoms. The molecule has 1 aliphatic rings. The number of aromatic nitrogens is 4. The zero-order chi connectivity index (χ0) is 14.8. The third-order valence-electron chi connectivity index (χ3n) is 3.65. The van der Waals surface area contributed by atoms with Crippen molar-refractivity contribution in [2.75, 3.05) is 25.1 Å². The molecule has 2 atom stereocenters. The van der Waals surface area contributed by atoms with Gasteiger partial charge in [0.05, 0.1) is 25.6 Å². The number of hydrogen-bond acceptors (Lipinski definition) is 7. The molecule has 112 valence electrons. The number of hydrogen-bond donors (Lipinski definition) is 1. The van der Waals surface area contributed by atoms with Crippen LogP contribution < -0.4 is 4.90 Å². The van der Waals surface area contributed by atoms with E-state index in [1.54, 1.807) is 18.3 Å². The number of nitrogens with zero attached hydrogens (tertiary/aromatic N) is 5. The Morgan fingerprint density at radius 2 is 2.33 bits per heavy atom. The lowest BCUT2D eigenvalue weighted by Crippen LogP contribution is -2.21. The predicted octanol–water partition coefficient (Wildman–Crippen LogP) is 0.131. The van der Waals surface area contributed by atoms with Gasteiger partial charge in [-0.3, -0.25) is 4.57 Å². The van der Waals surface area contributed by atoms with Gasteiger partial charge in [-0.15, -0.1) is 0 Å². The molecule has 21 heavy (non-hydrogen) atoms. The molecule has 3 heterocycles. The topological polar surface area (TPSA) is 93.4 Å². The Kier molecular flexibility index (Phi) is 3.80. The van der Waals surface area contributed by atoms with Gasteiger partial charge in [0.25, 0.3) is 0 Å². The number of aliphatic hydroxyl groups is 1. The minimum Gasteiger partial charge on any atom is -0.394 e. The third kappa shape index (κ3) is 2.47. The average molecular weight is 291 g/mol. The van der Waals surface area contributed by atoms with Crippen molar-refractivity contribution in [2.24, 2.45) is 0 Å². The van der Waals surface area contributed by atoms with E-state index in [4.69, 9.17) is 9.84 Å². The summed E-state index contributed by atoms with van der Waals surface area (Å²) in [6.07, 6.45) is 5.25. The highest BCUT2D eigenvalue weighted by Crippen LogP contribution is 2.31. The number of carbonyl (C=O) groups excluding carboxylic acids is 1. The number of aldehydes is 1. The molecule has 2 aromatic heterocycles. The zero-order valence-electron chi connectivity index (χ0n) is 11.7. The SMILES string of the molecule is CN(CC=O)c1ncnc2c1ncn2C1CCC(CO)O1. The van der Waals surface area contributed by atoms with Crippen LogP contribution in [-0.4, -0.2) is 57.2 Å². The van der Waals surface area contributed by atoms with Gasteiger partial charge in [-0.2, -0.15) is 0 Å². The number of ether oxygens (including phenoxy) is 1. The van der Waals surface area contributed by atoms with Crippen molar-refractivity contribution >= 4 is 23.3 Å². The number of aliphatic hydroxyl groups excluding tert-OH is 1. The number of carbonyl (C=O) groups is 1. The molecule has 0 spiro atoms. The molecule has 0 amide bonds.